The van der Waals surface area contributed by atoms with E-state index in [-0.39, 0.29) is 0 Å². The molecule has 0 saturated carbocycles. The zero-order valence-electron chi connectivity index (χ0n) is 8.76. The van der Waals surface area contributed by atoms with Gasteiger partial charge < -0.3 is 5.11 Å². The maximum Gasteiger partial charge on any atom is 0.214 e. The molecule has 0 amide bonds. The Hall–Kier alpha value is -0.500. The van der Waals surface area contributed by atoms with E-state index in [1.165, 1.54) is 18.3 Å². The third-order valence-corrected chi connectivity index (χ3v) is 4.70. The number of rotatable bonds is 3. The minimum absolute atomic E-state index is 0.395. The van der Waals surface area contributed by atoms with E-state index in [0.717, 1.165) is 10.6 Å². The van der Waals surface area contributed by atoms with Crippen LogP contribution in [0.5, 0.6) is 0 Å². The van der Waals surface area contributed by atoms with Gasteiger partial charge in [-0.2, -0.15) is 0 Å². The minimum atomic E-state index is -3.74. The van der Waals surface area contributed by atoms with Crippen molar-refractivity contribution in [3.05, 3.63) is 15.6 Å². The molecule has 0 aliphatic heterocycles. The number of hydrogen-bond donors (Lipinski definition) is 2. The van der Waals surface area contributed by atoms with Crippen LogP contribution < -0.4 is 5.14 Å². The summed E-state index contributed by atoms with van der Waals surface area (Å²) in [5.41, 5.74) is 0.802. The minimum Gasteiger partial charge on any atom is -0.384 e. The SMILES string of the molecule is Cc1nc([C@H](O)[C@@H](C)S(N)(=O)=O)sc1C. The Morgan fingerprint density at radius 2 is 2.00 bits per heavy atom. The maximum absolute atomic E-state index is 11.0. The molecule has 0 spiro atoms. The van der Waals surface area contributed by atoms with Crippen LogP contribution >= 0.6 is 11.3 Å². The van der Waals surface area contributed by atoms with Crippen LogP contribution in [-0.2, 0) is 10.0 Å². The van der Waals surface area contributed by atoms with Crippen LogP contribution in [-0.4, -0.2) is 23.8 Å². The van der Waals surface area contributed by atoms with Gasteiger partial charge in [0.05, 0.1) is 5.69 Å². The Bertz CT molecular complexity index is 433. The van der Waals surface area contributed by atoms with Crippen LogP contribution in [0.15, 0.2) is 0 Å². The smallest absolute Gasteiger partial charge is 0.214 e. The van der Waals surface area contributed by atoms with Crippen molar-refractivity contribution >= 4 is 21.4 Å². The highest BCUT2D eigenvalue weighted by Gasteiger charge is 2.28. The molecule has 0 aliphatic carbocycles. The molecule has 0 radical (unpaired) electrons. The van der Waals surface area contributed by atoms with Crippen molar-refractivity contribution in [2.75, 3.05) is 0 Å². The summed E-state index contributed by atoms with van der Waals surface area (Å²) in [5, 5.41) is 14.1. The number of aryl methyl sites for hydroxylation is 2. The fraction of sp³-hybridized carbons (Fsp3) is 0.625. The van der Waals surface area contributed by atoms with Crippen molar-refractivity contribution in [3.8, 4) is 0 Å². The van der Waals surface area contributed by atoms with Gasteiger partial charge in [-0.25, -0.2) is 18.5 Å². The van der Waals surface area contributed by atoms with Crippen molar-refractivity contribution in [1.29, 1.82) is 0 Å². The lowest BCUT2D eigenvalue weighted by Crippen LogP contribution is -2.31. The van der Waals surface area contributed by atoms with Crippen LogP contribution in [0.3, 0.4) is 0 Å². The molecule has 0 saturated heterocycles. The average molecular weight is 250 g/mol. The first kappa shape index (κ1) is 12.6. The Balaban J connectivity index is 3.00. The zero-order valence-corrected chi connectivity index (χ0v) is 10.4. The van der Waals surface area contributed by atoms with E-state index in [2.05, 4.69) is 4.98 Å². The van der Waals surface area contributed by atoms with E-state index in [0.29, 0.717) is 5.01 Å². The van der Waals surface area contributed by atoms with E-state index in [1.807, 2.05) is 13.8 Å². The van der Waals surface area contributed by atoms with Gasteiger partial charge in [0.15, 0.2) is 0 Å². The molecule has 5 nitrogen and oxygen atoms in total. The molecule has 1 heterocycles. The maximum atomic E-state index is 11.0. The summed E-state index contributed by atoms with van der Waals surface area (Å²) >= 11 is 1.29. The second-order valence-corrected chi connectivity index (χ2v) is 6.59. The van der Waals surface area contributed by atoms with Gasteiger partial charge in [-0.3, -0.25) is 0 Å². The molecule has 0 aliphatic rings. The first-order chi connectivity index (χ1) is 6.73. The number of sulfonamides is 1. The van der Waals surface area contributed by atoms with Gasteiger partial charge in [0.1, 0.15) is 16.4 Å². The van der Waals surface area contributed by atoms with Gasteiger partial charge in [-0.1, -0.05) is 0 Å². The number of thiazole rings is 1. The van der Waals surface area contributed by atoms with Gasteiger partial charge in [-0.15, -0.1) is 11.3 Å². The Morgan fingerprint density at radius 1 is 1.47 bits per heavy atom. The normalized spacial score (nSPS) is 16.3. The van der Waals surface area contributed by atoms with Crippen molar-refractivity contribution in [1.82, 2.24) is 4.98 Å². The number of primary sulfonamides is 1. The van der Waals surface area contributed by atoms with Crippen molar-refractivity contribution in [2.45, 2.75) is 32.1 Å². The Kier molecular flexibility index (Phi) is 3.49. The summed E-state index contributed by atoms with van der Waals surface area (Å²) in [5.74, 6) is 0. The third-order valence-electron chi connectivity index (χ3n) is 2.26. The molecule has 2 atom stereocenters. The molecule has 0 fully saturated rings. The molecule has 0 unspecified atom stereocenters. The van der Waals surface area contributed by atoms with E-state index < -0.39 is 21.4 Å². The quantitative estimate of drug-likeness (QED) is 0.815. The van der Waals surface area contributed by atoms with E-state index >= 15 is 0 Å². The number of hydrogen-bond acceptors (Lipinski definition) is 5. The molecule has 0 bridgehead atoms. The van der Waals surface area contributed by atoms with Gasteiger partial charge in [0, 0.05) is 4.88 Å². The molecule has 1 aromatic heterocycles. The van der Waals surface area contributed by atoms with E-state index in [4.69, 9.17) is 5.14 Å². The summed E-state index contributed by atoms with van der Waals surface area (Å²) in [6.07, 6.45) is -1.16. The molecule has 0 aromatic carbocycles. The zero-order chi connectivity index (χ0) is 11.8. The fourth-order valence-corrected chi connectivity index (χ4v) is 2.59. The molecule has 15 heavy (non-hydrogen) atoms. The molecule has 1 rings (SSSR count). The van der Waals surface area contributed by atoms with Crippen molar-refractivity contribution < 1.29 is 13.5 Å². The topological polar surface area (TPSA) is 93.3 Å². The Labute approximate surface area is 93.0 Å². The summed E-state index contributed by atoms with van der Waals surface area (Å²) in [4.78, 5) is 5.06. The number of nitrogens with zero attached hydrogens (tertiary/aromatic N) is 1. The highest BCUT2D eigenvalue weighted by atomic mass is 32.2. The predicted molar refractivity (Wildman–Crippen MR) is 59.1 cm³/mol. The number of aromatic nitrogens is 1. The Morgan fingerprint density at radius 3 is 2.33 bits per heavy atom. The lowest BCUT2D eigenvalue weighted by atomic mass is 10.3. The summed E-state index contributed by atoms with van der Waals surface area (Å²) < 4.78 is 22.1. The largest absolute Gasteiger partial charge is 0.384 e. The highest BCUT2D eigenvalue weighted by Crippen LogP contribution is 2.26. The monoisotopic (exact) mass is 250 g/mol. The molecule has 7 heteroatoms. The van der Waals surface area contributed by atoms with Gasteiger partial charge in [0.25, 0.3) is 0 Å². The van der Waals surface area contributed by atoms with Gasteiger partial charge >= 0.3 is 0 Å². The lowest BCUT2D eigenvalue weighted by Gasteiger charge is -2.13. The highest BCUT2D eigenvalue weighted by molar-refractivity contribution is 7.89. The molecular formula is C8H14N2O3S2. The number of aliphatic hydroxyl groups excluding tert-OH is 1. The second-order valence-electron chi connectivity index (χ2n) is 3.43. The first-order valence-corrected chi connectivity index (χ1v) is 6.79. The number of nitrogens with two attached hydrogens (primary N) is 1. The number of aliphatic hydroxyl groups is 1. The van der Waals surface area contributed by atoms with Crippen LogP contribution in [0.25, 0.3) is 0 Å². The van der Waals surface area contributed by atoms with E-state index in [1.54, 1.807) is 0 Å². The van der Waals surface area contributed by atoms with Crippen molar-refractivity contribution in [2.24, 2.45) is 5.14 Å². The third kappa shape index (κ3) is 2.75. The predicted octanol–water partition coefficient (Wildman–Crippen LogP) is 0.470. The van der Waals surface area contributed by atoms with Crippen LogP contribution in [0, 0.1) is 13.8 Å². The van der Waals surface area contributed by atoms with Crippen LogP contribution in [0.4, 0.5) is 0 Å². The molecule has 1 aromatic rings. The molecule has 86 valence electrons. The molecular weight excluding hydrogens is 236 g/mol. The molecule has 3 N–H and O–H groups in total. The summed E-state index contributed by atoms with van der Waals surface area (Å²) in [7, 11) is -3.74. The van der Waals surface area contributed by atoms with Crippen molar-refractivity contribution in [3.63, 3.8) is 0 Å². The summed E-state index contributed by atoms with van der Waals surface area (Å²) in [6, 6.07) is 0. The van der Waals surface area contributed by atoms with Crippen LogP contribution in [0.1, 0.15) is 28.6 Å². The van der Waals surface area contributed by atoms with E-state index in [9.17, 15) is 13.5 Å². The first-order valence-electron chi connectivity index (χ1n) is 4.37. The van der Waals surface area contributed by atoms with Gasteiger partial charge in [-0.05, 0) is 20.8 Å². The second kappa shape index (κ2) is 4.17. The summed E-state index contributed by atoms with van der Waals surface area (Å²) in [6.45, 7) is 5.04. The van der Waals surface area contributed by atoms with Crippen LogP contribution in [0.2, 0.25) is 0 Å². The van der Waals surface area contributed by atoms with Gasteiger partial charge in [0.2, 0.25) is 10.0 Å². The average Bonchev–Trinajstić information content (AvgIpc) is 2.43. The fourth-order valence-electron chi connectivity index (χ4n) is 1.00. The lowest BCUT2D eigenvalue weighted by molar-refractivity contribution is 0.175. The standard InChI is InChI=1S/C8H14N2O3S2/c1-4-5(2)14-8(10-4)7(11)6(3)15(9,12)13/h6-7,11H,1-3H3,(H2,9,12,13)/t6-,7-/m1/s1.